The fourth-order valence-corrected chi connectivity index (χ4v) is 4.45. The second-order valence-corrected chi connectivity index (χ2v) is 8.57. The molecule has 1 aromatic carbocycles. The summed E-state index contributed by atoms with van der Waals surface area (Å²) in [5.74, 6) is 0.516. The Morgan fingerprint density at radius 2 is 1.84 bits per heavy atom. The van der Waals surface area contributed by atoms with Crippen LogP contribution >= 0.6 is 35.6 Å². The number of likely N-dealkylation sites (tertiary alicyclic amines) is 1. The van der Waals surface area contributed by atoms with Crippen molar-refractivity contribution < 1.29 is 19.1 Å². The van der Waals surface area contributed by atoms with Crippen LogP contribution in [0.1, 0.15) is 38.3 Å². The largest absolute Gasteiger partial charge is 0.513 e. The smallest absolute Gasteiger partial charge is 0.491 e. The molecule has 1 aromatic heterocycles. The number of hydrogen-bond acceptors (Lipinski definition) is 4. The van der Waals surface area contributed by atoms with Crippen LogP contribution in [0.2, 0.25) is 10.0 Å². The first-order chi connectivity index (χ1) is 14.3. The number of hydrogen-bond donors (Lipinski definition) is 2. The number of amides is 1. The van der Waals surface area contributed by atoms with Crippen LogP contribution in [0.5, 0.6) is 5.75 Å². The third-order valence-electron chi connectivity index (χ3n) is 5.89. The number of unbranched alkanes of at least 4 members (excludes halogenated alkanes) is 1. The highest BCUT2D eigenvalue weighted by molar-refractivity contribution is 6.42. The average Bonchev–Trinajstić information content (AvgIpc) is 3.20. The number of rotatable bonds is 8. The monoisotopic (exact) mass is 492 g/mol. The summed E-state index contributed by atoms with van der Waals surface area (Å²) in [4.78, 5) is 25.3. The molecule has 31 heavy (non-hydrogen) atoms. The van der Waals surface area contributed by atoms with Gasteiger partial charge in [0.1, 0.15) is 12.3 Å². The van der Waals surface area contributed by atoms with Gasteiger partial charge in [0, 0.05) is 24.8 Å². The zero-order chi connectivity index (χ0) is 21.9. The number of quaternary nitrogens is 1. The van der Waals surface area contributed by atoms with Gasteiger partial charge in [-0.1, -0.05) is 36.5 Å². The number of benzene rings is 1. The van der Waals surface area contributed by atoms with Crippen molar-refractivity contribution in [1.29, 1.82) is 0 Å². The Morgan fingerprint density at radius 3 is 2.39 bits per heavy atom. The molecule has 3 N–H and O–H groups in total. The van der Waals surface area contributed by atoms with Crippen molar-refractivity contribution in [1.82, 2.24) is 4.57 Å². The van der Waals surface area contributed by atoms with E-state index < -0.39 is 6.09 Å². The number of aromatic nitrogens is 1. The lowest BCUT2D eigenvalue weighted by molar-refractivity contribution is -0.845. The van der Waals surface area contributed by atoms with Crippen molar-refractivity contribution in [2.45, 2.75) is 45.7 Å². The summed E-state index contributed by atoms with van der Waals surface area (Å²) >= 11 is 12.4. The van der Waals surface area contributed by atoms with Crippen LogP contribution < -0.4 is 16.0 Å². The lowest BCUT2D eigenvalue weighted by atomic mass is 10.1. The number of carbonyl (C=O) groups is 1. The molecular formula is C21H29Cl3N3O4+. The summed E-state index contributed by atoms with van der Waals surface area (Å²) in [6, 6.07) is 3.18. The molecule has 10 heteroatoms. The predicted octanol–water partition coefficient (Wildman–Crippen LogP) is 4.66. The summed E-state index contributed by atoms with van der Waals surface area (Å²) in [5.41, 5.74) is 6.32. The molecule has 1 amide bonds. The van der Waals surface area contributed by atoms with E-state index in [-0.39, 0.29) is 40.6 Å². The Labute approximate surface area is 197 Å². The van der Waals surface area contributed by atoms with Crippen LogP contribution in [0.25, 0.3) is 10.8 Å². The zero-order valence-corrected chi connectivity index (χ0v) is 19.9. The van der Waals surface area contributed by atoms with E-state index in [0.717, 1.165) is 25.7 Å². The fraction of sp³-hybridized carbons (Fsp3) is 0.524. The molecule has 1 aliphatic rings. The highest BCUT2D eigenvalue weighted by atomic mass is 35.5. The Balaban J connectivity index is 0.00000341. The number of fused-ring (bicyclic) bond motifs is 1. The number of halogens is 3. The van der Waals surface area contributed by atoms with Crippen molar-refractivity contribution >= 4 is 52.5 Å². The molecule has 1 saturated heterocycles. The molecule has 0 unspecified atom stereocenters. The SMILES string of the molecule is CCCCOc1c(CN)n(CC[N+]2(C(=O)O)CCCC2)c(=O)c2cc(Cl)c(Cl)cc12.Cl. The van der Waals surface area contributed by atoms with Crippen LogP contribution in [0.3, 0.4) is 0 Å². The fourth-order valence-electron chi connectivity index (χ4n) is 4.12. The first-order valence-electron chi connectivity index (χ1n) is 10.3. The molecule has 0 aliphatic carbocycles. The van der Waals surface area contributed by atoms with E-state index in [0.29, 0.717) is 53.5 Å². The van der Waals surface area contributed by atoms with Crippen LogP contribution in [0, 0.1) is 0 Å². The predicted molar refractivity (Wildman–Crippen MR) is 126 cm³/mol. The maximum atomic E-state index is 13.3. The lowest BCUT2D eigenvalue weighted by Crippen LogP contribution is -2.52. The third kappa shape index (κ3) is 5.12. The van der Waals surface area contributed by atoms with Gasteiger partial charge in [0.15, 0.2) is 0 Å². The number of carboxylic acid groups (broad SMARTS) is 1. The van der Waals surface area contributed by atoms with Gasteiger partial charge in [-0.05, 0) is 18.6 Å². The van der Waals surface area contributed by atoms with Gasteiger partial charge in [-0.15, -0.1) is 12.4 Å². The molecule has 0 saturated carbocycles. The molecule has 1 fully saturated rings. The van der Waals surface area contributed by atoms with Gasteiger partial charge in [0.05, 0.1) is 47.4 Å². The first-order valence-corrected chi connectivity index (χ1v) is 11.1. The minimum absolute atomic E-state index is 0. The van der Waals surface area contributed by atoms with E-state index in [1.54, 1.807) is 16.7 Å². The van der Waals surface area contributed by atoms with E-state index >= 15 is 0 Å². The number of ether oxygens (including phenoxy) is 1. The van der Waals surface area contributed by atoms with E-state index in [9.17, 15) is 14.7 Å². The molecular weight excluding hydrogens is 465 g/mol. The Kier molecular flexibility index (Phi) is 9.03. The van der Waals surface area contributed by atoms with Gasteiger partial charge in [-0.25, -0.2) is 4.48 Å². The maximum absolute atomic E-state index is 13.3. The number of nitrogens with two attached hydrogens (primary N) is 1. The van der Waals surface area contributed by atoms with E-state index in [1.165, 1.54) is 0 Å². The molecule has 0 atom stereocenters. The number of nitrogens with zero attached hydrogens (tertiary/aromatic N) is 2. The maximum Gasteiger partial charge on any atom is 0.513 e. The zero-order valence-electron chi connectivity index (χ0n) is 17.5. The van der Waals surface area contributed by atoms with E-state index in [1.807, 2.05) is 0 Å². The molecule has 2 heterocycles. The highest BCUT2D eigenvalue weighted by Gasteiger charge is 2.40. The molecule has 1 aliphatic heterocycles. The highest BCUT2D eigenvalue weighted by Crippen LogP contribution is 2.34. The van der Waals surface area contributed by atoms with E-state index in [4.69, 9.17) is 33.7 Å². The molecule has 0 spiro atoms. The average molecular weight is 494 g/mol. The summed E-state index contributed by atoms with van der Waals surface area (Å²) < 4.78 is 7.56. The molecule has 0 bridgehead atoms. The summed E-state index contributed by atoms with van der Waals surface area (Å²) in [7, 11) is 0. The van der Waals surface area contributed by atoms with Crippen LogP contribution in [-0.4, -0.2) is 46.5 Å². The van der Waals surface area contributed by atoms with Crippen LogP contribution in [0.4, 0.5) is 4.79 Å². The summed E-state index contributed by atoms with van der Waals surface area (Å²) in [5, 5.41) is 11.3. The van der Waals surface area contributed by atoms with Crippen LogP contribution in [-0.2, 0) is 13.1 Å². The van der Waals surface area contributed by atoms with Crippen molar-refractivity contribution in [3.8, 4) is 5.75 Å². The molecule has 0 radical (unpaired) electrons. The second kappa shape index (κ2) is 10.9. The Morgan fingerprint density at radius 1 is 1.23 bits per heavy atom. The minimum atomic E-state index is -0.857. The Bertz CT molecular complexity index is 1000. The first kappa shape index (κ1) is 25.7. The molecule has 2 aromatic rings. The molecule has 3 rings (SSSR count). The van der Waals surface area contributed by atoms with Gasteiger partial charge < -0.3 is 20.1 Å². The van der Waals surface area contributed by atoms with Gasteiger partial charge in [0.25, 0.3) is 5.56 Å². The van der Waals surface area contributed by atoms with Crippen molar-refractivity contribution in [2.24, 2.45) is 5.73 Å². The van der Waals surface area contributed by atoms with Gasteiger partial charge in [0.2, 0.25) is 0 Å². The minimum Gasteiger partial charge on any atom is -0.491 e. The van der Waals surface area contributed by atoms with Crippen molar-refractivity contribution in [3.05, 3.63) is 38.2 Å². The van der Waals surface area contributed by atoms with Crippen molar-refractivity contribution in [3.63, 3.8) is 0 Å². The van der Waals surface area contributed by atoms with Gasteiger partial charge in [-0.2, -0.15) is 4.79 Å². The van der Waals surface area contributed by atoms with Gasteiger partial charge >= 0.3 is 6.09 Å². The standard InChI is InChI=1S/C21H27Cl2N3O4.ClH/c1-2-3-10-30-19-14-11-16(22)17(23)12-15(14)20(27)25(18(19)13-24)6-9-26(21(28)29)7-4-5-8-26;/h11-12H,2-10,13,24H2,1H3;1H/p+1. The number of pyridine rings is 1. The van der Waals surface area contributed by atoms with E-state index in [2.05, 4.69) is 6.92 Å². The Hall–Kier alpha value is -1.51. The summed E-state index contributed by atoms with van der Waals surface area (Å²) in [6.45, 7) is 4.30. The lowest BCUT2D eigenvalue weighted by Gasteiger charge is -2.28. The second-order valence-electron chi connectivity index (χ2n) is 7.76. The van der Waals surface area contributed by atoms with Gasteiger partial charge in [-0.3, -0.25) is 4.79 Å². The molecule has 172 valence electrons. The topological polar surface area (TPSA) is 94.6 Å². The summed E-state index contributed by atoms with van der Waals surface area (Å²) in [6.07, 6.45) is 2.68. The molecule has 7 nitrogen and oxygen atoms in total. The van der Waals surface area contributed by atoms with Crippen molar-refractivity contribution in [2.75, 3.05) is 26.2 Å². The normalized spacial score (nSPS) is 15.1. The quantitative estimate of drug-likeness (QED) is 0.412. The van der Waals surface area contributed by atoms with Crippen LogP contribution in [0.15, 0.2) is 16.9 Å². The third-order valence-corrected chi connectivity index (χ3v) is 6.61.